The second-order valence-corrected chi connectivity index (χ2v) is 5.07. The molecule has 0 aliphatic heterocycles. The highest BCUT2D eigenvalue weighted by molar-refractivity contribution is 6.00. The topological polar surface area (TPSA) is 54.3 Å². The van der Waals surface area contributed by atoms with E-state index < -0.39 is 0 Å². The molecule has 108 valence electrons. The number of hydrogen-bond acceptors (Lipinski definition) is 3. The molecule has 4 nitrogen and oxygen atoms in total. The van der Waals surface area contributed by atoms with Gasteiger partial charge in [-0.3, -0.25) is 4.79 Å². The van der Waals surface area contributed by atoms with Crippen LogP contribution in [0.1, 0.15) is 34.2 Å². The fourth-order valence-electron chi connectivity index (χ4n) is 2.41. The quantitative estimate of drug-likeness (QED) is 0.824. The summed E-state index contributed by atoms with van der Waals surface area (Å²) in [5.74, 6) is 0.282. The second kappa shape index (κ2) is 6.09. The highest BCUT2D eigenvalue weighted by atomic mass is 16.3. The smallest absolute Gasteiger partial charge is 0.287 e. The molecule has 1 heterocycles. The van der Waals surface area contributed by atoms with E-state index in [4.69, 9.17) is 4.42 Å². The molecule has 0 saturated heterocycles. The van der Waals surface area contributed by atoms with Crippen molar-refractivity contribution in [2.24, 2.45) is 0 Å². The van der Waals surface area contributed by atoms with Crippen LogP contribution < -0.4 is 10.6 Å². The number of rotatable bonds is 5. The lowest BCUT2D eigenvalue weighted by atomic mass is 10.0. The van der Waals surface area contributed by atoms with Crippen LogP contribution in [0.4, 0.5) is 0 Å². The van der Waals surface area contributed by atoms with Gasteiger partial charge in [-0.1, -0.05) is 19.1 Å². The first-order chi connectivity index (χ1) is 9.56. The van der Waals surface area contributed by atoms with E-state index in [0.29, 0.717) is 12.3 Å². The predicted molar refractivity (Wildman–Crippen MR) is 81.3 cm³/mol. The van der Waals surface area contributed by atoms with Crippen molar-refractivity contribution in [2.75, 3.05) is 19.6 Å². The minimum Gasteiger partial charge on any atom is -0.450 e. The van der Waals surface area contributed by atoms with Crippen molar-refractivity contribution in [3.05, 3.63) is 34.6 Å². The molecular weight excluding hydrogens is 252 g/mol. The molecule has 0 atom stereocenters. The molecule has 0 spiro atoms. The highest BCUT2D eigenvalue weighted by Crippen LogP contribution is 2.30. The molecule has 2 rings (SSSR count). The van der Waals surface area contributed by atoms with Crippen molar-refractivity contribution in [3.8, 4) is 0 Å². The number of fused-ring (bicyclic) bond motifs is 1. The Morgan fingerprint density at radius 1 is 1.15 bits per heavy atom. The first kappa shape index (κ1) is 14.6. The third-order valence-electron chi connectivity index (χ3n) is 3.53. The number of carbonyl (C=O) groups excluding carboxylic acids is 1. The van der Waals surface area contributed by atoms with E-state index in [2.05, 4.69) is 16.7 Å². The molecule has 4 heteroatoms. The molecule has 0 fully saturated rings. The van der Waals surface area contributed by atoms with Gasteiger partial charge in [0.15, 0.2) is 5.76 Å². The van der Waals surface area contributed by atoms with Crippen LogP contribution in [0.3, 0.4) is 0 Å². The minimum atomic E-state index is -0.143. The van der Waals surface area contributed by atoms with E-state index in [-0.39, 0.29) is 5.91 Å². The van der Waals surface area contributed by atoms with Crippen LogP contribution in [-0.4, -0.2) is 25.5 Å². The Kier molecular flexibility index (Phi) is 4.45. The normalized spacial score (nSPS) is 11.0. The zero-order valence-electron chi connectivity index (χ0n) is 12.6. The van der Waals surface area contributed by atoms with E-state index in [1.165, 1.54) is 0 Å². The van der Waals surface area contributed by atoms with Gasteiger partial charge in [0.05, 0.1) is 0 Å². The van der Waals surface area contributed by atoms with Crippen LogP contribution >= 0.6 is 0 Å². The van der Waals surface area contributed by atoms with Gasteiger partial charge >= 0.3 is 0 Å². The molecule has 2 N–H and O–H groups in total. The highest BCUT2D eigenvalue weighted by Gasteiger charge is 2.19. The largest absolute Gasteiger partial charge is 0.450 e. The van der Waals surface area contributed by atoms with Gasteiger partial charge in [-0.15, -0.1) is 0 Å². The van der Waals surface area contributed by atoms with Gasteiger partial charge in [0.25, 0.3) is 5.91 Å². The molecule has 1 aromatic heterocycles. The van der Waals surface area contributed by atoms with E-state index in [1.807, 2.05) is 33.8 Å². The molecule has 20 heavy (non-hydrogen) atoms. The number of benzene rings is 1. The molecule has 1 aromatic carbocycles. The van der Waals surface area contributed by atoms with E-state index in [9.17, 15) is 4.79 Å². The van der Waals surface area contributed by atoms with Gasteiger partial charge in [0.1, 0.15) is 5.58 Å². The first-order valence-corrected chi connectivity index (χ1v) is 7.04. The summed E-state index contributed by atoms with van der Waals surface area (Å²) in [5.41, 5.74) is 3.93. The average Bonchev–Trinajstić information content (AvgIpc) is 2.78. The van der Waals surface area contributed by atoms with Gasteiger partial charge in [-0.2, -0.15) is 0 Å². The lowest BCUT2D eigenvalue weighted by molar-refractivity contribution is 0.0927. The second-order valence-electron chi connectivity index (χ2n) is 5.07. The molecule has 0 unspecified atom stereocenters. The standard InChI is InChI=1S/C16H22N2O2/c1-5-17-8-9-18-16(19)15-12(4)13-10(2)6-7-11(3)14(13)20-15/h6-7,17H,5,8-9H2,1-4H3,(H,18,19). The van der Waals surface area contributed by atoms with Gasteiger partial charge < -0.3 is 15.1 Å². The summed E-state index contributed by atoms with van der Waals surface area (Å²) in [6.07, 6.45) is 0. The number of likely N-dealkylation sites (N-methyl/N-ethyl adjacent to an activating group) is 1. The molecule has 2 aromatic rings. The Labute approximate surface area is 119 Å². The van der Waals surface area contributed by atoms with Crippen LogP contribution in [0.5, 0.6) is 0 Å². The van der Waals surface area contributed by atoms with Crippen LogP contribution in [0.25, 0.3) is 11.0 Å². The van der Waals surface area contributed by atoms with Gasteiger partial charge in [-0.05, 0) is 38.4 Å². The van der Waals surface area contributed by atoms with Crippen molar-refractivity contribution in [3.63, 3.8) is 0 Å². The molecule has 1 amide bonds. The van der Waals surface area contributed by atoms with Crippen molar-refractivity contribution in [2.45, 2.75) is 27.7 Å². The summed E-state index contributed by atoms with van der Waals surface area (Å²) in [7, 11) is 0. The maximum Gasteiger partial charge on any atom is 0.287 e. The molecular formula is C16H22N2O2. The summed E-state index contributed by atoms with van der Waals surface area (Å²) in [6, 6.07) is 4.08. The van der Waals surface area contributed by atoms with Crippen molar-refractivity contribution >= 4 is 16.9 Å². The number of hydrogen-bond donors (Lipinski definition) is 2. The van der Waals surface area contributed by atoms with E-state index in [0.717, 1.165) is 40.7 Å². The first-order valence-electron chi connectivity index (χ1n) is 7.04. The third kappa shape index (κ3) is 2.70. The van der Waals surface area contributed by atoms with Crippen molar-refractivity contribution < 1.29 is 9.21 Å². The summed E-state index contributed by atoms with van der Waals surface area (Å²) < 4.78 is 5.80. The number of nitrogens with one attached hydrogen (secondary N) is 2. The number of amides is 1. The summed E-state index contributed by atoms with van der Waals surface area (Å²) in [6.45, 7) is 10.3. The van der Waals surface area contributed by atoms with Crippen molar-refractivity contribution in [1.82, 2.24) is 10.6 Å². The van der Waals surface area contributed by atoms with E-state index >= 15 is 0 Å². The van der Waals surface area contributed by atoms with Crippen LogP contribution in [0.2, 0.25) is 0 Å². The molecule has 0 aliphatic carbocycles. The van der Waals surface area contributed by atoms with Crippen LogP contribution in [0.15, 0.2) is 16.5 Å². The molecule has 0 saturated carbocycles. The Hall–Kier alpha value is -1.81. The Balaban J connectivity index is 2.27. The molecule has 0 aliphatic rings. The zero-order chi connectivity index (χ0) is 14.7. The SMILES string of the molecule is CCNCCNC(=O)c1oc2c(C)ccc(C)c2c1C. The average molecular weight is 274 g/mol. The monoisotopic (exact) mass is 274 g/mol. The number of aryl methyl sites for hydroxylation is 3. The van der Waals surface area contributed by atoms with Crippen LogP contribution in [-0.2, 0) is 0 Å². The minimum absolute atomic E-state index is 0.143. The van der Waals surface area contributed by atoms with Gasteiger partial charge in [0, 0.05) is 24.0 Å². The number of carbonyl (C=O) groups is 1. The van der Waals surface area contributed by atoms with Gasteiger partial charge in [0.2, 0.25) is 0 Å². The van der Waals surface area contributed by atoms with Crippen LogP contribution in [0, 0.1) is 20.8 Å². The summed E-state index contributed by atoms with van der Waals surface area (Å²) in [4.78, 5) is 12.2. The lowest BCUT2D eigenvalue weighted by Crippen LogP contribution is -2.31. The third-order valence-corrected chi connectivity index (χ3v) is 3.53. The zero-order valence-corrected chi connectivity index (χ0v) is 12.6. The van der Waals surface area contributed by atoms with E-state index in [1.54, 1.807) is 0 Å². The Morgan fingerprint density at radius 2 is 1.85 bits per heavy atom. The fourth-order valence-corrected chi connectivity index (χ4v) is 2.41. The maximum absolute atomic E-state index is 12.2. The summed E-state index contributed by atoms with van der Waals surface area (Å²) in [5, 5.41) is 7.11. The molecule has 0 radical (unpaired) electrons. The predicted octanol–water partition coefficient (Wildman–Crippen LogP) is 2.70. The lowest BCUT2D eigenvalue weighted by Gasteiger charge is -2.04. The summed E-state index contributed by atoms with van der Waals surface area (Å²) >= 11 is 0. The molecule has 0 bridgehead atoms. The van der Waals surface area contributed by atoms with Crippen molar-refractivity contribution in [1.29, 1.82) is 0 Å². The number of furan rings is 1. The Morgan fingerprint density at radius 3 is 2.50 bits per heavy atom. The van der Waals surface area contributed by atoms with Gasteiger partial charge in [-0.25, -0.2) is 0 Å². The fraction of sp³-hybridized carbons (Fsp3) is 0.438. The Bertz CT molecular complexity index is 629. The maximum atomic E-state index is 12.2.